The summed E-state index contributed by atoms with van der Waals surface area (Å²) in [5.41, 5.74) is 8.72. The predicted molar refractivity (Wildman–Crippen MR) is 279 cm³/mol. The van der Waals surface area contributed by atoms with Crippen LogP contribution in [0.1, 0.15) is 218 Å². The molecular weight excluding hydrogens is 833 g/mol. The number of carbonyl (C=O) groups excluding carboxylic acids is 2. The molecule has 0 amide bonds. The van der Waals surface area contributed by atoms with E-state index in [0.717, 1.165) is 51.4 Å². The molecule has 9 aliphatic rings. The maximum atomic E-state index is 15.2. The summed E-state index contributed by atoms with van der Waals surface area (Å²) in [4.78, 5) is 30.4. The third-order valence-corrected chi connectivity index (χ3v) is 20.9. The molecule has 18 atom stereocenters. The van der Waals surface area contributed by atoms with Gasteiger partial charge in [0.2, 0.25) is 0 Å². The smallest absolute Gasteiger partial charge is 0.140 e. The van der Waals surface area contributed by atoms with Gasteiger partial charge in [0.15, 0.2) is 0 Å². The van der Waals surface area contributed by atoms with Gasteiger partial charge in [-0.1, -0.05) is 145 Å². The highest BCUT2D eigenvalue weighted by molar-refractivity contribution is 5.87. The van der Waals surface area contributed by atoms with Crippen LogP contribution in [0.15, 0.2) is 36.4 Å². The lowest BCUT2D eigenvalue weighted by Gasteiger charge is -2.49. The first kappa shape index (κ1) is 47.9. The highest BCUT2D eigenvalue weighted by Crippen LogP contribution is 2.56. The summed E-state index contributed by atoms with van der Waals surface area (Å²) in [5.74, 6) is 4.00. The number of nitrogens with one attached hydrogen (secondary N) is 4. The molecule has 0 radical (unpaired) electrons. The highest BCUT2D eigenvalue weighted by atomic mass is 16.1. The Morgan fingerprint density at radius 1 is 0.368 bits per heavy atom. The van der Waals surface area contributed by atoms with Gasteiger partial charge in [-0.3, -0.25) is 9.59 Å². The van der Waals surface area contributed by atoms with Crippen molar-refractivity contribution in [2.24, 2.45) is 47.3 Å². The van der Waals surface area contributed by atoms with Crippen molar-refractivity contribution in [1.29, 1.82) is 0 Å². The lowest BCUT2D eigenvalue weighted by atomic mass is 9.58. The van der Waals surface area contributed by atoms with E-state index in [4.69, 9.17) is 0 Å². The Hall–Kier alpha value is -2.38. The van der Waals surface area contributed by atoms with Gasteiger partial charge in [-0.25, -0.2) is 0 Å². The summed E-state index contributed by atoms with van der Waals surface area (Å²) in [6.45, 7) is 28.6. The number of benzene rings is 2. The maximum Gasteiger partial charge on any atom is 0.140 e. The van der Waals surface area contributed by atoms with Crippen LogP contribution < -0.4 is 21.3 Å². The minimum absolute atomic E-state index is 0.0169. The van der Waals surface area contributed by atoms with E-state index in [-0.39, 0.29) is 81.3 Å². The standard InChI is InChI=1S/C62H92N4O2/c1-59(2,3)35-25-33(26-36(29-35)60(4,5)6)51-45-21-23-47(63-45)53-39-17-13-16-20-42(39)58(68)44-32-50(66-56(44)53)52(34-27-37(61(7,8)9)30-38(28-34)62(10,11)12)46-22-24-48(64-46)54-40-18-14-15-19-41(40)57(67)43-31-49(51)65-55(43)54/h25-30,39-56,63-66H,13-24,31-32H2,1-12H3. The van der Waals surface area contributed by atoms with Crippen LogP contribution in [0.2, 0.25) is 0 Å². The van der Waals surface area contributed by atoms with E-state index in [1.165, 1.54) is 71.9 Å². The van der Waals surface area contributed by atoms with Gasteiger partial charge < -0.3 is 21.3 Å². The average molecular weight is 925 g/mol. The molecule has 4 N–H and O–H groups in total. The van der Waals surface area contributed by atoms with Gasteiger partial charge in [-0.05, 0) is 143 Å². The van der Waals surface area contributed by atoms with Crippen molar-refractivity contribution in [3.05, 3.63) is 69.8 Å². The Bertz CT molecular complexity index is 2030. The summed E-state index contributed by atoms with van der Waals surface area (Å²) in [6, 6.07) is 17.6. The van der Waals surface area contributed by atoms with E-state index >= 15 is 9.59 Å². The van der Waals surface area contributed by atoms with E-state index in [2.05, 4.69) is 141 Å². The first-order chi connectivity index (χ1) is 32.0. The zero-order valence-electron chi connectivity index (χ0n) is 44.6. The molecule has 6 nitrogen and oxygen atoms in total. The lowest BCUT2D eigenvalue weighted by molar-refractivity contribution is -0.137. The Balaban J connectivity index is 1.08. The molecule has 4 aliphatic carbocycles. The second-order valence-electron chi connectivity index (χ2n) is 29.0. The molecule has 18 unspecified atom stereocenters. The largest absolute Gasteiger partial charge is 0.310 e. The molecule has 5 heterocycles. The first-order valence-corrected chi connectivity index (χ1v) is 28.5. The Labute approximate surface area is 412 Å². The molecule has 2 aromatic carbocycles. The Morgan fingerprint density at radius 2 is 0.691 bits per heavy atom. The SMILES string of the molecule is CC(C)(C)c1cc(C2C3CCC(N3)C3C4CCCCC4C(=O)C4CC(NC43)C(c3cc(C(C)(C)C)cc(C(C)(C)C)c3)C3CCC(N3)C3C4CCCCC4C(=O)C4CC2NC43)cc(C(C)(C)C)c1. The molecule has 4 saturated carbocycles. The van der Waals surface area contributed by atoms with Gasteiger partial charge in [0.25, 0.3) is 0 Å². The number of fused-ring (bicyclic) bond motifs is 12. The summed E-state index contributed by atoms with van der Waals surface area (Å²) in [7, 11) is 0. The van der Waals surface area contributed by atoms with Crippen molar-refractivity contribution >= 4 is 11.6 Å². The number of hydrogen-bond donors (Lipinski definition) is 4. The van der Waals surface area contributed by atoms with E-state index in [0.29, 0.717) is 59.4 Å². The summed E-state index contributed by atoms with van der Waals surface area (Å²) in [6.07, 6.45) is 15.9. The minimum atomic E-state index is 0.0169. The molecule has 9 fully saturated rings. The van der Waals surface area contributed by atoms with Crippen molar-refractivity contribution in [2.75, 3.05) is 0 Å². The van der Waals surface area contributed by atoms with Crippen LogP contribution in [0.3, 0.4) is 0 Å². The van der Waals surface area contributed by atoms with Gasteiger partial charge in [-0.2, -0.15) is 0 Å². The second-order valence-corrected chi connectivity index (χ2v) is 29.0. The minimum Gasteiger partial charge on any atom is -0.310 e. The fourth-order valence-corrected chi connectivity index (χ4v) is 17.4. The van der Waals surface area contributed by atoms with Crippen LogP contribution in [-0.2, 0) is 31.2 Å². The number of Topliss-reactive ketones (excluding diaryl/α,β-unsaturated/α-hetero) is 2. The first-order valence-electron chi connectivity index (χ1n) is 28.5. The topological polar surface area (TPSA) is 82.3 Å². The predicted octanol–water partition coefficient (Wildman–Crippen LogP) is 11.7. The number of ketones is 2. The molecule has 11 rings (SSSR count). The second kappa shape index (κ2) is 17.1. The number of rotatable bonds is 2. The van der Waals surface area contributed by atoms with E-state index in [9.17, 15) is 0 Å². The van der Waals surface area contributed by atoms with Crippen LogP contribution in [0.5, 0.6) is 0 Å². The molecule has 8 bridgehead atoms. The molecule has 2 aromatic rings. The van der Waals surface area contributed by atoms with Gasteiger partial charge in [0.05, 0.1) is 0 Å². The summed E-state index contributed by atoms with van der Waals surface area (Å²) in [5, 5.41) is 18.2. The molecule has 68 heavy (non-hydrogen) atoms. The van der Waals surface area contributed by atoms with Gasteiger partial charge in [0.1, 0.15) is 11.6 Å². The number of carbonyl (C=O) groups is 2. The molecule has 5 aliphatic heterocycles. The summed E-state index contributed by atoms with van der Waals surface area (Å²) >= 11 is 0. The zero-order valence-corrected chi connectivity index (χ0v) is 44.6. The van der Waals surface area contributed by atoms with Crippen LogP contribution in [0, 0.1) is 47.3 Å². The van der Waals surface area contributed by atoms with Gasteiger partial charge >= 0.3 is 0 Å². The highest BCUT2D eigenvalue weighted by Gasteiger charge is 2.61. The average Bonchev–Trinajstić information content (AvgIpc) is 4.11. The Kier molecular flexibility index (Phi) is 12.1. The lowest BCUT2D eigenvalue weighted by Crippen LogP contribution is -2.60. The van der Waals surface area contributed by atoms with E-state index in [1.54, 1.807) is 0 Å². The van der Waals surface area contributed by atoms with E-state index < -0.39 is 0 Å². The zero-order chi connectivity index (χ0) is 48.0. The molecule has 6 heteroatoms. The fraction of sp³-hybridized carbons (Fsp3) is 0.774. The number of hydrogen-bond acceptors (Lipinski definition) is 6. The van der Waals surface area contributed by atoms with Gasteiger partial charge in [0, 0.05) is 83.8 Å². The van der Waals surface area contributed by atoms with Crippen LogP contribution >= 0.6 is 0 Å². The fourth-order valence-electron chi connectivity index (χ4n) is 17.4. The quantitative estimate of drug-likeness (QED) is 0.240. The van der Waals surface area contributed by atoms with E-state index in [1.807, 2.05) is 0 Å². The normalized spacial score (nSPS) is 41.7. The van der Waals surface area contributed by atoms with Crippen LogP contribution in [0.25, 0.3) is 0 Å². The molecule has 0 aromatic heterocycles. The van der Waals surface area contributed by atoms with Crippen molar-refractivity contribution in [1.82, 2.24) is 21.3 Å². The van der Waals surface area contributed by atoms with Crippen molar-refractivity contribution in [3.63, 3.8) is 0 Å². The summed E-state index contributed by atoms with van der Waals surface area (Å²) < 4.78 is 0. The molecule has 0 spiro atoms. The maximum absolute atomic E-state index is 15.2. The third kappa shape index (κ3) is 8.28. The van der Waals surface area contributed by atoms with Crippen LogP contribution in [0.4, 0.5) is 0 Å². The van der Waals surface area contributed by atoms with Crippen molar-refractivity contribution in [3.8, 4) is 0 Å². The van der Waals surface area contributed by atoms with Crippen molar-refractivity contribution in [2.45, 2.75) is 255 Å². The van der Waals surface area contributed by atoms with Crippen molar-refractivity contribution < 1.29 is 9.59 Å². The molecule has 372 valence electrons. The van der Waals surface area contributed by atoms with Crippen LogP contribution in [-0.4, -0.2) is 59.9 Å². The third-order valence-electron chi connectivity index (χ3n) is 20.9. The molecule has 5 saturated heterocycles. The molecular formula is C62H92N4O2. The Morgan fingerprint density at radius 3 is 1.03 bits per heavy atom. The monoisotopic (exact) mass is 925 g/mol. The van der Waals surface area contributed by atoms with Gasteiger partial charge in [-0.15, -0.1) is 0 Å².